The Morgan fingerprint density at radius 3 is 2.38 bits per heavy atom. The zero-order valence-electron chi connectivity index (χ0n) is 13.4. The zero-order valence-corrected chi connectivity index (χ0v) is 13.4. The van der Waals surface area contributed by atoms with Crippen molar-refractivity contribution in [1.82, 2.24) is 20.2 Å². The number of carbonyl (C=O) groups is 1. The molecule has 1 aromatic rings. The molecule has 0 fully saturated rings. The van der Waals surface area contributed by atoms with Crippen molar-refractivity contribution < 1.29 is 9.53 Å². The van der Waals surface area contributed by atoms with Crippen molar-refractivity contribution in [3.8, 4) is 0 Å². The molecule has 0 spiro atoms. The molecular formula is C15H28N4O2. The number of unbranched alkanes of at least 4 members (excludes halogenated alkanes) is 7. The van der Waals surface area contributed by atoms with Crippen molar-refractivity contribution in [2.45, 2.75) is 78.2 Å². The predicted octanol–water partition coefficient (Wildman–Crippen LogP) is 2.92. The third-order valence-electron chi connectivity index (χ3n) is 3.32. The first-order valence-corrected chi connectivity index (χ1v) is 8.18. The Labute approximate surface area is 127 Å². The van der Waals surface area contributed by atoms with Gasteiger partial charge in [0.2, 0.25) is 0 Å². The molecule has 0 radical (unpaired) electrons. The van der Waals surface area contributed by atoms with Crippen LogP contribution in [0.15, 0.2) is 0 Å². The highest BCUT2D eigenvalue weighted by molar-refractivity contribution is 5.68. The van der Waals surface area contributed by atoms with E-state index in [4.69, 9.17) is 4.74 Å². The van der Waals surface area contributed by atoms with E-state index in [1.54, 1.807) is 6.92 Å². The van der Waals surface area contributed by atoms with Crippen LogP contribution >= 0.6 is 0 Å². The number of aryl methyl sites for hydroxylation is 1. The third kappa shape index (κ3) is 8.42. The van der Waals surface area contributed by atoms with Crippen LogP contribution in [0.3, 0.4) is 0 Å². The second-order valence-electron chi connectivity index (χ2n) is 5.27. The maximum absolute atomic E-state index is 11.3. The number of carbonyl (C=O) groups excluding carboxylic acids is 1. The largest absolute Gasteiger partial charge is 0.465 e. The molecular weight excluding hydrogens is 268 g/mol. The van der Waals surface area contributed by atoms with Gasteiger partial charge in [-0.2, -0.15) is 4.80 Å². The SMILES string of the molecule is CCCCCCCCCCc1nnn(CC(=O)OCC)n1. The molecule has 0 amide bonds. The number of aromatic nitrogens is 4. The molecule has 0 aromatic carbocycles. The Kier molecular flexibility index (Phi) is 9.40. The Hall–Kier alpha value is -1.46. The maximum atomic E-state index is 11.3. The van der Waals surface area contributed by atoms with E-state index in [0.29, 0.717) is 12.4 Å². The van der Waals surface area contributed by atoms with Gasteiger partial charge in [-0.25, -0.2) is 4.79 Å². The molecule has 0 aliphatic carbocycles. The van der Waals surface area contributed by atoms with E-state index >= 15 is 0 Å². The van der Waals surface area contributed by atoms with E-state index in [0.717, 1.165) is 12.8 Å². The maximum Gasteiger partial charge on any atom is 0.329 e. The molecule has 0 unspecified atom stereocenters. The fourth-order valence-electron chi connectivity index (χ4n) is 2.18. The first-order valence-electron chi connectivity index (χ1n) is 8.18. The smallest absolute Gasteiger partial charge is 0.329 e. The van der Waals surface area contributed by atoms with Crippen LogP contribution in [0.4, 0.5) is 0 Å². The molecule has 0 aliphatic heterocycles. The fourth-order valence-corrected chi connectivity index (χ4v) is 2.18. The molecule has 21 heavy (non-hydrogen) atoms. The minimum atomic E-state index is -0.325. The third-order valence-corrected chi connectivity index (χ3v) is 3.32. The summed E-state index contributed by atoms with van der Waals surface area (Å²) >= 11 is 0. The molecule has 1 rings (SSSR count). The summed E-state index contributed by atoms with van der Waals surface area (Å²) < 4.78 is 4.84. The summed E-state index contributed by atoms with van der Waals surface area (Å²) in [6, 6.07) is 0. The lowest BCUT2D eigenvalue weighted by Gasteiger charge is -2.00. The number of hydrogen-bond acceptors (Lipinski definition) is 5. The van der Waals surface area contributed by atoms with Crippen LogP contribution in [0.25, 0.3) is 0 Å². The van der Waals surface area contributed by atoms with Crippen molar-refractivity contribution in [3.63, 3.8) is 0 Å². The summed E-state index contributed by atoms with van der Waals surface area (Å²) in [6.45, 7) is 4.43. The summed E-state index contributed by atoms with van der Waals surface area (Å²) in [5.41, 5.74) is 0. The van der Waals surface area contributed by atoms with Gasteiger partial charge in [-0.1, -0.05) is 51.9 Å². The van der Waals surface area contributed by atoms with Crippen LogP contribution in [0.2, 0.25) is 0 Å². The fraction of sp³-hybridized carbons (Fsp3) is 0.867. The lowest BCUT2D eigenvalue weighted by molar-refractivity contribution is -0.144. The summed E-state index contributed by atoms with van der Waals surface area (Å²) in [5, 5.41) is 12.0. The number of nitrogens with zero attached hydrogens (tertiary/aromatic N) is 4. The van der Waals surface area contributed by atoms with E-state index in [1.165, 1.54) is 49.7 Å². The highest BCUT2D eigenvalue weighted by Gasteiger charge is 2.07. The van der Waals surface area contributed by atoms with Crippen LogP contribution < -0.4 is 0 Å². The van der Waals surface area contributed by atoms with Gasteiger partial charge in [0.1, 0.15) is 0 Å². The van der Waals surface area contributed by atoms with Gasteiger partial charge in [0.25, 0.3) is 0 Å². The van der Waals surface area contributed by atoms with E-state index in [1.807, 2.05) is 0 Å². The Morgan fingerprint density at radius 2 is 1.71 bits per heavy atom. The van der Waals surface area contributed by atoms with Gasteiger partial charge < -0.3 is 4.74 Å². The summed E-state index contributed by atoms with van der Waals surface area (Å²) in [5.74, 6) is 0.388. The summed E-state index contributed by atoms with van der Waals surface area (Å²) in [6.07, 6.45) is 11.1. The molecule has 0 aliphatic rings. The van der Waals surface area contributed by atoms with Crippen LogP contribution in [-0.2, 0) is 22.5 Å². The zero-order chi connectivity index (χ0) is 15.3. The lowest BCUT2D eigenvalue weighted by Crippen LogP contribution is -2.15. The van der Waals surface area contributed by atoms with Crippen molar-refractivity contribution in [1.29, 1.82) is 0 Å². The average molecular weight is 296 g/mol. The number of tetrazole rings is 1. The van der Waals surface area contributed by atoms with Gasteiger partial charge in [0, 0.05) is 6.42 Å². The topological polar surface area (TPSA) is 69.9 Å². The average Bonchev–Trinajstić information content (AvgIpc) is 2.89. The van der Waals surface area contributed by atoms with E-state index in [-0.39, 0.29) is 12.5 Å². The molecule has 0 bridgehead atoms. The predicted molar refractivity (Wildman–Crippen MR) is 80.8 cm³/mol. The van der Waals surface area contributed by atoms with Crippen molar-refractivity contribution >= 4 is 5.97 Å². The van der Waals surface area contributed by atoms with Gasteiger partial charge in [-0.05, 0) is 18.6 Å². The van der Waals surface area contributed by atoms with E-state index in [2.05, 4.69) is 22.3 Å². The normalized spacial score (nSPS) is 10.8. The number of rotatable bonds is 12. The van der Waals surface area contributed by atoms with Crippen molar-refractivity contribution in [2.75, 3.05) is 6.61 Å². The minimum absolute atomic E-state index is 0.0399. The Balaban J connectivity index is 2.07. The Bertz CT molecular complexity index is 393. The van der Waals surface area contributed by atoms with Crippen LogP contribution in [-0.4, -0.2) is 32.8 Å². The van der Waals surface area contributed by atoms with Crippen molar-refractivity contribution in [3.05, 3.63) is 5.82 Å². The standard InChI is InChI=1S/C15H28N4O2/c1-3-5-6-7-8-9-10-11-12-14-16-18-19(17-14)13-15(20)21-4-2/h3-13H2,1-2H3. The van der Waals surface area contributed by atoms with Gasteiger partial charge in [-0.15, -0.1) is 10.2 Å². The monoisotopic (exact) mass is 296 g/mol. The molecule has 0 N–H and O–H groups in total. The first-order chi connectivity index (χ1) is 10.3. The van der Waals surface area contributed by atoms with E-state index < -0.39 is 0 Å². The highest BCUT2D eigenvalue weighted by atomic mass is 16.5. The van der Waals surface area contributed by atoms with E-state index in [9.17, 15) is 4.79 Å². The lowest BCUT2D eigenvalue weighted by atomic mass is 10.1. The van der Waals surface area contributed by atoms with Crippen LogP contribution in [0.1, 0.15) is 71.0 Å². The molecule has 1 aromatic heterocycles. The van der Waals surface area contributed by atoms with Crippen LogP contribution in [0.5, 0.6) is 0 Å². The molecule has 0 saturated carbocycles. The minimum Gasteiger partial charge on any atom is -0.465 e. The quantitative estimate of drug-likeness (QED) is 0.438. The van der Waals surface area contributed by atoms with Crippen molar-refractivity contribution in [2.24, 2.45) is 0 Å². The highest BCUT2D eigenvalue weighted by Crippen LogP contribution is 2.09. The second-order valence-corrected chi connectivity index (χ2v) is 5.27. The first kappa shape index (κ1) is 17.6. The summed E-state index contributed by atoms with van der Waals surface area (Å²) in [7, 11) is 0. The second kappa shape index (κ2) is 11.2. The van der Waals surface area contributed by atoms with Gasteiger partial charge in [0.15, 0.2) is 12.4 Å². The van der Waals surface area contributed by atoms with Gasteiger partial charge >= 0.3 is 5.97 Å². The molecule has 0 atom stereocenters. The number of hydrogen-bond donors (Lipinski definition) is 0. The van der Waals surface area contributed by atoms with Crippen LogP contribution in [0, 0.1) is 0 Å². The number of ether oxygens (including phenoxy) is 1. The van der Waals surface area contributed by atoms with Gasteiger partial charge in [-0.3, -0.25) is 0 Å². The molecule has 0 saturated heterocycles. The molecule has 6 heteroatoms. The molecule has 1 heterocycles. The van der Waals surface area contributed by atoms with Gasteiger partial charge in [0.05, 0.1) is 6.61 Å². The summed E-state index contributed by atoms with van der Waals surface area (Å²) in [4.78, 5) is 12.6. The number of esters is 1. The molecule has 120 valence electrons. The Morgan fingerprint density at radius 1 is 1.05 bits per heavy atom. The molecule has 6 nitrogen and oxygen atoms in total.